The number of morpholine rings is 1. The van der Waals surface area contributed by atoms with Gasteiger partial charge in [-0.2, -0.15) is 0 Å². The molecule has 2 saturated heterocycles. The number of aromatic nitrogens is 3. The van der Waals surface area contributed by atoms with Crippen molar-refractivity contribution in [3.05, 3.63) is 77.3 Å². The van der Waals surface area contributed by atoms with E-state index in [1.54, 1.807) is 17.3 Å². The number of hydrogen-bond acceptors (Lipinski definition) is 7. The molecule has 9 nitrogen and oxygen atoms in total. The maximum absolute atomic E-state index is 14.4. The summed E-state index contributed by atoms with van der Waals surface area (Å²) in [6.07, 6.45) is 2.58. The Morgan fingerprint density at radius 1 is 1.00 bits per heavy atom. The standard InChI is InChI=1S/C31H33FN6O3/c1-21-5-6-24-25(34-21)17-23(32)18-27(24)36-11-9-35(10-12-36)8-7-22-3-2-4-26-30(22)41-19-28-29(33-20-38(26)28)31(39)37-13-15-40-16-14-37/h2-6,17-18,20H,7-16,19H2,1H3. The predicted octanol–water partition coefficient (Wildman–Crippen LogP) is 3.60. The molecule has 0 atom stereocenters. The molecule has 10 heteroatoms. The summed E-state index contributed by atoms with van der Waals surface area (Å²) in [5.74, 6) is 0.540. The number of anilines is 1. The van der Waals surface area contributed by atoms with Gasteiger partial charge in [0.1, 0.15) is 24.5 Å². The van der Waals surface area contributed by atoms with Crippen molar-refractivity contribution in [2.45, 2.75) is 20.0 Å². The van der Waals surface area contributed by atoms with Crippen molar-refractivity contribution in [1.82, 2.24) is 24.3 Å². The topological polar surface area (TPSA) is 76.0 Å². The number of imidazole rings is 1. The van der Waals surface area contributed by atoms with E-state index in [1.165, 1.54) is 6.07 Å². The number of piperazine rings is 1. The smallest absolute Gasteiger partial charge is 0.274 e. The fourth-order valence-corrected chi connectivity index (χ4v) is 6.12. The molecule has 0 spiro atoms. The number of benzene rings is 2. The third kappa shape index (κ3) is 4.91. The molecule has 0 unspecified atom stereocenters. The molecule has 3 aliphatic heterocycles. The first kappa shape index (κ1) is 25.9. The largest absolute Gasteiger partial charge is 0.485 e. The molecule has 2 fully saturated rings. The van der Waals surface area contributed by atoms with Crippen LogP contribution in [-0.4, -0.2) is 89.3 Å². The van der Waals surface area contributed by atoms with Crippen LogP contribution in [0.2, 0.25) is 0 Å². The minimum Gasteiger partial charge on any atom is -0.485 e. The third-order valence-electron chi connectivity index (χ3n) is 8.36. The fourth-order valence-electron chi connectivity index (χ4n) is 6.12. The molecule has 4 aromatic rings. The van der Waals surface area contributed by atoms with Crippen molar-refractivity contribution in [2.75, 3.05) is 63.9 Å². The number of carbonyl (C=O) groups excluding carboxylic acids is 1. The molecule has 7 rings (SSSR count). The lowest BCUT2D eigenvalue weighted by Crippen LogP contribution is -2.47. The summed E-state index contributed by atoms with van der Waals surface area (Å²) in [4.78, 5) is 28.6. The van der Waals surface area contributed by atoms with Gasteiger partial charge in [-0.05, 0) is 43.2 Å². The van der Waals surface area contributed by atoms with Crippen LogP contribution in [0.4, 0.5) is 10.1 Å². The van der Waals surface area contributed by atoms with Crippen LogP contribution in [0.15, 0.2) is 48.8 Å². The summed E-state index contributed by atoms with van der Waals surface area (Å²) in [5.41, 5.74) is 5.81. The highest BCUT2D eigenvalue weighted by molar-refractivity contribution is 5.94. The van der Waals surface area contributed by atoms with Gasteiger partial charge in [0.2, 0.25) is 0 Å². The van der Waals surface area contributed by atoms with Crippen molar-refractivity contribution in [3.8, 4) is 11.4 Å². The first-order chi connectivity index (χ1) is 20.0. The monoisotopic (exact) mass is 556 g/mol. The first-order valence-electron chi connectivity index (χ1n) is 14.3. The summed E-state index contributed by atoms with van der Waals surface area (Å²) >= 11 is 0. The zero-order valence-corrected chi connectivity index (χ0v) is 23.2. The number of para-hydroxylation sites is 1. The second-order valence-corrected chi connectivity index (χ2v) is 10.9. The Morgan fingerprint density at radius 3 is 2.66 bits per heavy atom. The first-order valence-corrected chi connectivity index (χ1v) is 14.3. The van der Waals surface area contributed by atoms with E-state index < -0.39 is 0 Å². The van der Waals surface area contributed by atoms with Gasteiger partial charge in [0.05, 0.1) is 30.1 Å². The number of aryl methyl sites for hydroxylation is 1. The second kappa shape index (κ2) is 10.8. The number of nitrogens with zero attached hydrogens (tertiary/aromatic N) is 6. The number of amides is 1. The maximum atomic E-state index is 14.4. The molecule has 2 aromatic carbocycles. The van der Waals surface area contributed by atoms with Gasteiger partial charge in [0.15, 0.2) is 5.69 Å². The van der Waals surface area contributed by atoms with Crippen LogP contribution in [0.25, 0.3) is 16.6 Å². The predicted molar refractivity (Wildman–Crippen MR) is 153 cm³/mol. The van der Waals surface area contributed by atoms with E-state index in [0.717, 1.165) is 78.6 Å². The van der Waals surface area contributed by atoms with Crippen LogP contribution in [0.3, 0.4) is 0 Å². The molecule has 0 radical (unpaired) electrons. The number of rotatable bonds is 5. The second-order valence-electron chi connectivity index (χ2n) is 10.9. The summed E-state index contributed by atoms with van der Waals surface area (Å²) in [6, 6.07) is 13.4. The molecular weight excluding hydrogens is 523 g/mol. The number of fused-ring (bicyclic) bond motifs is 4. The quantitative estimate of drug-likeness (QED) is 0.372. The highest BCUT2D eigenvalue weighted by Crippen LogP contribution is 2.35. The molecule has 1 amide bonds. The summed E-state index contributed by atoms with van der Waals surface area (Å²) < 4.78 is 28.1. The number of ether oxygens (including phenoxy) is 2. The van der Waals surface area contributed by atoms with Crippen molar-refractivity contribution in [2.24, 2.45) is 0 Å². The van der Waals surface area contributed by atoms with Crippen LogP contribution >= 0.6 is 0 Å². The highest BCUT2D eigenvalue weighted by Gasteiger charge is 2.29. The molecule has 0 N–H and O–H groups in total. The van der Waals surface area contributed by atoms with E-state index in [1.807, 2.05) is 35.8 Å². The molecule has 3 aliphatic rings. The molecule has 0 saturated carbocycles. The van der Waals surface area contributed by atoms with E-state index in [9.17, 15) is 9.18 Å². The lowest BCUT2D eigenvalue weighted by atomic mass is 10.1. The maximum Gasteiger partial charge on any atom is 0.274 e. The molecule has 41 heavy (non-hydrogen) atoms. The van der Waals surface area contributed by atoms with Crippen LogP contribution in [-0.2, 0) is 17.8 Å². The number of halogens is 1. The van der Waals surface area contributed by atoms with Gasteiger partial charge in [0.25, 0.3) is 5.91 Å². The van der Waals surface area contributed by atoms with Gasteiger partial charge in [-0.1, -0.05) is 12.1 Å². The van der Waals surface area contributed by atoms with E-state index >= 15 is 0 Å². The normalized spacial score (nSPS) is 17.3. The number of hydrogen-bond donors (Lipinski definition) is 0. The Bertz CT molecular complexity index is 1600. The summed E-state index contributed by atoms with van der Waals surface area (Å²) in [6.45, 7) is 8.85. The Hall–Kier alpha value is -4.02. The van der Waals surface area contributed by atoms with Crippen LogP contribution in [0.1, 0.15) is 27.4 Å². The molecule has 212 valence electrons. The summed E-state index contributed by atoms with van der Waals surface area (Å²) in [7, 11) is 0. The van der Waals surface area contributed by atoms with Crippen LogP contribution in [0.5, 0.6) is 5.75 Å². The van der Waals surface area contributed by atoms with E-state index in [-0.39, 0.29) is 11.7 Å². The average Bonchev–Trinajstić information content (AvgIpc) is 3.44. The van der Waals surface area contributed by atoms with Gasteiger partial charge in [0, 0.05) is 68.6 Å². The van der Waals surface area contributed by atoms with Gasteiger partial charge < -0.3 is 19.3 Å². The SMILES string of the molecule is Cc1ccc2c(N3CCN(CCc4cccc5c4OCc4c(C(=O)N6CCOCC6)ncn4-5)CC3)cc(F)cc2n1. The summed E-state index contributed by atoms with van der Waals surface area (Å²) in [5, 5.41) is 0.993. The average molecular weight is 557 g/mol. The zero-order chi connectivity index (χ0) is 27.9. The molecule has 0 aliphatic carbocycles. The van der Waals surface area contributed by atoms with E-state index in [2.05, 4.69) is 25.8 Å². The Balaban J connectivity index is 1.02. The Kier molecular flexibility index (Phi) is 6.80. The van der Waals surface area contributed by atoms with Crippen molar-refractivity contribution < 1.29 is 18.7 Å². The van der Waals surface area contributed by atoms with Crippen LogP contribution < -0.4 is 9.64 Å². The van der Waals surface area contributed by atoms with Crippen molar-refractivity contribution in [1.29, 1.82) is 0 Å². The highest BCUT2D eigenvalue weighted by atomic mass is 19.1. The lowest BCUT2D eigenvalue weighted by Gasteiger charge is -2.36. The zero-order valence-electron chi connectivity index (χ0n) is 23.2. The molecule has 2 aromatic heterocycles. The minimum absolute atomic E-state index is 0.0676. The number of pyridine rings is 1. The Morgan fingerprint density at radius 2 is 1.83 bits per heavy atom. The van der Waals surface area contributed by atoms with Gasteiger partial charge in [-0.15, -0.1) is 0 Å². The lowest BCUT2D eigenvalue weighted by molar-refractivity contribution is 0.0297. The Labute approximate surface area is 238 Å². The molecular formula is C31H33FN6O3. The van der Waals surface area contributed by atoms with Crippen LogP contribution in [0, 0.1) is 12.7 Å². The number of carbonyl (C=O) groups is 1. The third-order valence-corrected chi connectivity index (χ3v) is 8.36. The van der Waals surface area contributed by atoms with Gasteiger partial charge in [-0.25, -0.2) is 9.37 Å². The van der Waals surface area contributed by atoms with Gasteiger partial charge >= 0.3 is 0 Å². The van der Waals surface area contributed by atoms with Gasteiger partial charge in [-0.3, -0.25) is 19.2 Å². The van der Waals surface area contributed by atoms with Crippen molar-refractivity contribution >= 4 is 22.5 Å². The fraction of sp³-hybridized carbons (Fsp3) is 0.387. The van der Waals surface area contributed by atoms with Crippen molar-refractivity contribution in [3.63, 3.8) is 0 Å². The molecule has 5 heterocycles. The minimum atomic E-state index is -0.250. The van der Waals surface area contributed by atoms with E-state index in [0.29, 0.717) is 44.1 Å². The molecule has 0 bridgehead atoms. The van der Waals surface area contributed by atoms with E-state index in [4.69, 9.17) is 9.47 Å².